The fourth-order valence-electron chi connectivity index (χ4n) is 2.18. The van der Waals surface area contributed by atoms with Gasteiger partial charge in [-0.15, -0.1) is 0 Å². The van der Waals surface area contributed by atoms with Crippen LogP contribution in [0.4, 0.5) is 27.5 Å². The number of aromatic nitrogens is 3. The van der Waals surface area contributed by atoms with Crippen molar-refractivity contribution in [1.82, 2.24) is 15.0 Å². The second-order valence-electron chi connectivity index (χ2n) is 5.00. The summed E-state index contributed by atoms with van der Waals surface area (Å²) in [7, 11) is 1.66. The number of nitro groups is 1. The molecule has 3 aromatic rings. The maximum absolute atomic E-state index is 13.3. The Morgan fingerprint density at radius 1 is 1.20 bits per heavy atom. The molecular weight excluding hydrogens is 327 g/mol. The van der Waals surface area contributed by atoms with Crippen LogP contribution in [0.1, 0.15) is 0 Å². The van der Waals surface area contributed by atoms with Crippen LogP contribution in [0, 0.1) is 15.9 Å². The van der Waals surface area contributed by atoms with Gasteiger partial charge in [-0.1, -0.05) is 0 Å². The molecule has 126 valence electrons. The first-order chi connectivity index (χ1) is 12.1. The molecule has 2 heterocycles. The Morgan fingerprint density at radius 3 is 2.72 bits per heavy atom. The van der Waals surface area contributed by atoms with Crippen LogP contribution in [0.3, 0.4) is 0 Å². The monoisotopic (exact) mass is 340 g/mol. The number of hydrogen-bond donors (Lipinski definition) is 2. The second kappa shape index (κ2) is 6.87. The van der Waals surface area contributed by atoms with Gasteiger partial charge in [0.2, 0.25) is 5.95 Å². The van der Waals surface area contributed by atoms with Crippen LogP contribution < -0.4 is 10.6 Å². The average molecular weight is 340 g/mol. The van der Waals surface area contributed by atoms with Gasteiger partial charge in [0, 0.05) is 31.1 Å². The molecule has 0 atom stereocenters. The van der Waals surface area contributed by atoms with E-state index < -0.39 is 10.7 Å². The first-order valence-electron chi connectivity index (χ1n) is 7.25. The van der Waals surface area contributed by atoms with Crippen molar-refractivity contribution >= 4 is 23.1 Å². The lowest BCUT2D eigenvalue weighted by molar-refractivity contribution is -0.384. The molecule has 9 heteroatoms. The maximum Gasteiger partial charge on any atom is 0.295 e. The van der Waals surface area contributed by atoms with Crippen molar-refractivity contribution in [2.75, 3.05) is 17.7 Å². The molecule has 25 heavy (non-hydrogen) atoms. The molecular formula is C16H13FN6O2. The van der Waals surface area contributed by atoms with Crippen molar-refractivity contribution in [3.05, 3.63) is 64.7 Å². The van der Waals surface area contributed by atoms with E-state index in [2.05, 4.69) is 25.6 Å². The molecule has 0 radical (unpaired) electrons. The average Bonchev–Trinajstić information content (AvgIpc) is 2.63. The van der Waals surface area contributed by atoms with Crippen LogP contribution in [0.15, 0.2) is 48.8 Å². The van der Waals surface area contributed by atoms with E-state index in [-0.39, 0.29) is 11.4 Å². The zero-order valence-corrected chi connectivity index (χ0v) is 13.1. The molecule has 0 saturated heterocycles. The highest BCUT2D eigenvalue weighted by Gasteiger charge is 2.16. The number of halogens is 1. The van der Waals surface area contributed by atoms with Crippen LogP contribution in [-0.2, 0) is 0 Å². The summed E-state index contributed by atoms with van der Waals surface area (Å²) in [6, 6.07) is 8.51. The summed E-state index contributed by atoms with van der Waals surface area (Å²) in [5, 5.41) is 16.8. The lowest BCUT2D eigenvalue weighted by atomic mass is 10.2. The van der Waals surface area contributed by atoms with Gasteiger partial charge in [-0.2, -0.15) is 4.98 Å². The van der Waals surface area contributed by atoms with Crippen molar-refractivity contribution in [2.45, 2.75) is 0 Å². The highest BCUT2D eigenvalue weighted by molar-refractivity contribution is 5.71. The first kappa shape index (κ1) is 16.2. The number of nitrogens with one attached hydrogen (secondary N) is 2. The van der Waals surface area contributed by atoms with Crippen molar-refractivity contribution in [2.24, 2.45) is 0 Å². The molecule has 2 N–H and O–H groups in total. The summed E-state index contributed by atoms with van der Waals surface area (Å²) in [4.78, 5) is 23.1. The number of nitro benzene ring substituents is 1. The van der Waals surface area contributed by atoms with Crippen LogP contribution in [0.25, 0.3) is 11.3 Å². The van der Waals surface area contributed by atoms with Gasteiger partial charge < -0.3 is 10.6 Å². The van der Waals surface area contributed by atoms with Crippen LogP contribution in [0.5, 0.6) is 0 Å². The molecule has 0 aliphatic rings. The van der Waals surface area contributed by atoms with Gasteiger partial charge in [-0.3, -0.25) is 15.1 Å². The number of hydrogen-bond acceptors (Lipinski definition) is 7. The van der Waals surface area contributed by atoms with Gasteiger partial charge in [0.15, 0.2) is 0 Å². The van der Waals surface area contributed by atoms with Crippen LogP contribution >= 0.6 is 0 Å². The van der Waals surface area contributed by atoms with Gasteiger partial charge in [-0.05, 0) is 24.3 Å². The third-order valence-corrected chi connectivity index (χ3v) is 3.33. The Morgan fingerprint density at radius 2 is 2.04 bits per heavy atom. The Hall–Kier alpha value is -3.62. The predicted octanol–water partition coefficient (Wildman–Crippen LogP) is 3.37. The SMILES string of the molecule is CNc1nc(Nc2ccc(F)cc2[N+](=O)[O-])cc(-c2cccnc2)n1. The minimum Gasteiger partial charge on any atom is -0.357 e. The van der Waals surface area contributed by atoms with E-state index in [1.54, 1.807) is 31.6 Å². The van der Waals surface area contributed by atoms with E-state index >= 15 is 0 Å². The Bertz CT molecular complexity index is 920. The number of pyridine rings is 1. The quantitative estimate of drug-likeness (QED) is 0.542. The number of benzene rings is 1. The normalized spacial score (nSPS) is 10.3. The highest BCUT2D eigenvalue weighted by Crippen LogP contribution is 2.29. The smallest absolute Gasteiger partial charge is 0.295 e. The second-order valence-corrected chi connectivity index (χ2v) is 5.00. The number of nitrogens with zero attached hydrogens (tertiary/aromatic N) is 4. The third kappa shape index (κ3) is 3.66. The Balaban J connectivity index is 2.02. The molecule has 2 aromatic heterocycles. The van der Waals surface area contributed by atoms with E-state index in [4.69, 9.17) is 0 Å². The molecule has 0 fully saturated rings. The molecule has 0 bridgehead atoms. The molecule has 8 nitrogen and oxygen atoms in total. The minimum atomic E-state index is -0.688. The van der Waals surface area contributed by atoms with Crippen molar-refractivity contribution in [3.63, 3.8) is 0 Å². The largest absolute Gasteiger partial charge is 0.357 e. The van der Waals surface area contributed by atoms with E-state index in [1.165, 1.54) is 6.07 Å². The summed E-state index contributed by atoms with van der Waals surface area (Å²) in [6.07, 6.45) is 3.29. The standard InChI is InChI=1S/C16H13FN6O2/c1-18-16-21-13(10-3-2-6-19-9-10)8-15(22-16)20-12-5-4-11(17)7-14(12)23(24)25/h2-9H,1H3,(H2,18,20,21,22). The zero-order chi connectivity index (χ0) is 17.8. The van der Waals surface area contributed by atoms with Crippen molar-refractivity contribution in [3.8, 4) is 11.3 Å². The summed E-state index contributed by atoms with van der Waals surface area (Å²) < 4.78 is 13.3. The fourth-order valence-corrected chi connectivity index (χ4v) is 2.18. The molecule has 3 rings (SSSR count). The maximum atomic E-state index is 13.3. The van der Waals surface area contributed by atoms with Crippen molar-refractivity contribution in [1.29, 1.82) is 0 Å². The summed E-state index contributed by atoms with van der Waals surface area (Å²) in [6.45, 7) is 0. The van der Waals surface area contributed by atoms with E-state index in [9.17, 15) is 14.5 Å². The van der Waals surface area contributed by atoms with E-state index in [0.29, 0.717) is 17.5 Å². The van der Waals surface area contributed by atoms with E-state index in [0.717, 1.165) is 17.7 Å². The molecule has 0 spiro atoms. The van der Waals surface area contributed by atoms with Crippen molar-refractivity contribution < 1.29 is 9.31 Å². The van der Waals surface area contributed by atoms with Gasteiger partial charge in [-0.25, -0.2) is 9.37 Å². The third-order valence-electron chi connectivity index (χ3n) is 3.33. The molecule has 0 saturated carbocycles. The molecule has 0 aliphatic carbocycles. The molecule has 0 amide bonds. The summed E-state index contributed by atoms with van der Waals surface area (Å²) in [5.41, 5.74) is 1.09. The Labute approximate surface area is 141 Å². The summed E-state index contributed by atoms with van der Waals surface area (Å²) in [5.74, 6) is -0.0339. The van der Waals surface area contributed by atoms with Gasteiger partial charge in [0.1, 0.15) is 17.3 Å². The van der Waals surface area contributed by atoms with E-state index in [1.807, 2.05) is 6.07 Å². The minimum absolute atomic E-state index is 0.129. The van der Waals surface area contributed by atoms with Crippen LogP contribution in [-0.4, -0.2) is 26.9 Å². The predicted molar refractivity (Wildman–Crippen MR) is 91.1 cm³/mol. The highest BCUT2D eigenvalue weighted by atomic mass is 19.1. The fraction of sp³-hybridized carbons (Fsp3) is 0.0625. The topological polar surface area (TPSA) is 106 Å². The number of anilines is 3. The summed E-state index contributed by atoms with van der Waals surface area (Å²) >= 11 is 0. The lowest BCUT2D eigenvalue weighted by Crippen LogP contribution is -2.03. The van der Waals surface area contributed by atoms with Crippen LogP contribution in [0.2, 0.25) is 0 Å². The lowest BCUT2D eigenvalue weighted by Gasteiger charge is -2.10. The van der Waals surface area contributed by atoms with Gasteiger partial charge >= 0.3 is 0 Å². The zero-order valence-electron chi connectivity index (χ0n) is 13.1. The van der Waals surface area contributed by atoms with Gasteiger partial charge in [0.05, 0.1) is 16.7 Å². The molecule has 1 aromatic carbocycles. The Kier molecular flexibility index (Phi) is 4.46. The first-order valence-corrected chi connectivity index (χ1v) is 7.25. The molecule has 0 unspecified atom stereocenters. The van der Waals surface area contributed by atoms with Gasteiger partial charge in [0.25, 0.3) is 5.69 Å². The molecule has 0 aliphatic heterocycles. The number of rotatable bonds is 5.